The molecule has 0 bridgehead atoms. The molecule has 2 aromatic carbocycles. The molecule has 0 heterocycles. The summed E-state index contributed by atoms with van der Waals surface area (Å²) in [5.74, 6) is 0.201. The molecule has 3 heteroatoms. The van der Waals surface area contributed by atoms with Gasteiger partial charge < -0.3 is 9.80 Å². The summed E-state index contributed by atoms with van der Waals surface area (Å²) in [5.41, 5.74) is 6.51. The first kappa shape index (κ1) is 22.9. The Balaban J connectivity index is 1.76. The van der Waals surface area contributed by atoms with E-state index in [0.717, 1.165) is 67.7 Å². The average molecular weight is 417 g/mol. The van der Waals surface area contributed by atoms with Crippen LogP contribution in [0.2, 0.25) is 0 Å². The highest BCUT2D eigenvalue weighted by molar-refractivity contribution is 6.14. The Morgan fingerprint density at radius 3 is 1.32 bits per heavy atom. The highest BCUT2D eigenvalue weighted by Crippen LogP contribution is 2.29. The Labute approximate surface area is 188 Å². The van der Waals surface area contributed by atoms with E-state index in [4.69, 9.17) is 0 Å². The normalized spacial score (nSPS) is 16.7. The Kier molecular flexibility index (Phi) is 8.11. The van der Waals surface area contributed by atoms with Gasteiger partial charge >= 0.3 is 0 Å². The van der Waals surface area contributed by atoms with Gasteiger partial charge in [-0.05, 0) is 94.5 Å². The van der Waals surface area contributed by atoms with Gasteiger partial charge in [-0.1, -0.05) is 24.3 Å². The van der Waals surface area contributed by atoms with Crippen molar-refractivity contribution in [2.24, 2.45) is 0 Å². The molecule has 1 saturated carbocycles. The van der Waals surface area contributed by atoms with Crippen LogP contribution < -0.4 is 9.80 Å². The van der Waals surface area contributed by atoms with E-state index in [9.17, 15) is 4.79 Å². The number of allylic oxidation sites excluding steroid dienone is 2. The fourth-order valence-electron chi connectivity index (χ4n) is 4.32. The van der Waals surface area contributed by atoms with Crippen molar-refractivity contribution in [1.29, 1.82) is 0 Å². The first-order valence-electron chi connectivity index (χ1n) is 11.7. The lowest BCUT2D eigenvalue weighted by Gasteiger charge is -2.21. The van der Waals surface area contributed by atoms with Crippen LogP contribution in [0, 0.1) is 0 Å². The van der Waals surface area contributed by atoms with Crippen molar-refractivity contribution in [2.45, 2.75) is 47.0 Å². The van der Waals surface area contributed by atoms with Crippen LogP contribution in [0.25, 0.3) is 12.2 Å². The number of carbonyl (C=O) groups is 1. The van der Waals surface area contributed by atoms with Crippen LogP contribution in [0.1, 0.15) is 58.1 Å². The smallest absolute Gasteiger partial charge is 0.185 e. The largest absolute Gasteiger partial charge is 0.372 e. The maximum absolute atomic E-state index is 13.1. The maximum atomic E-state index is 13.1. The second-order valence-corrected chi connectivity index (χ2v) is 8.05. The van der Waals surface area contributed by atoms with E-state index < -0.39 is 0 Å². The summed E-state index contributed by atoms with van der Waals surface area (Å²) in [5, 5.41) is 0. The van der Waals surface area contributed by atoms with Crippen molar-refractivity contribution in [1.82, 2.24) is 0 Å². The van der Waals surface area contributed by atoms with Crippen molar-refractivity contribution in [2.75, 3.05) is 36.0 Å². The molecule has 1 fully saturated rings. The van der Waals surface area contributed by atoms with Crippen LogP contribution in [0.5, 0.6) is 0 Å². The van der Waals surface area contributed by atoms with Crippen LogP contribution in [-0.2, 0) is 4.79 Å². The van der Waals surface area contributed by atoms with Gasteiger partial charge in [0.1, 0.15) is 0 Å². The maximum Gasteiger partial charge on any atom is 0.185 e. The number of ketones is 1. The number of Topliss-reactive ketones (excluding diaryl/α,β-unsaturated/α-hetero) is 1. The van der Waals surface area contributed by atoms with Gasteiger partial charge in [-0.25, -0.2) is 0 Å². The van der Waals surface area contributed by atoms with E-state index in [1.54, 1.807) is 0 Å². The molecule has 0 saturated heterocycles. The fourth-order valence-corrected chi connectivity index (χ4v) is 4.32. The predicted octanol–water partition coefficient (Wildman–Crippen LogP) is 6.60. The highest BCUT2D eigenvalue weighted by atomic mass is 16.1. The number of anilines is 2. The van der Waals surface area contributed by atoms with Gasteiger partial charge in [0.25, 0.3) is 0 Å². The van der Waals surface area contributed by atoms with E-state index in [2.05, 4.69) is 98.2 Å². The molecule has 0 radical (unpaired) electrons. The fraction of sp³-hybridized carbons (Fsp3) is 0.393. The Bertz CT molecular complexity index is 839. The van der Waals surface area contributed by atoms with Crippen molar-refractivity contribution in [3.63, 3.8) is 0 Å². The van der Waals surface area contributed by atoms with E-state index >= 15 is 0 Å². The topological polar surface area (TPSA) is 23.6 Å². The van der Waals surface area contributed by atoms with Crippen molar-refractivity contribution in [3.8, 4) is 0 Å². The number of carbonyl (C=O) groups excluding carboxylic acids is 1. The standard InChI is InChI=1S/C28H36N2O/c1-5-29(6-2)26-16-12-22(13-17-26)20-24-10-9-11-25(28(24)31)21-23-14-18-27(19-15-23)30(7-3)8-4/h12-21H,5-11H2,1-4H3/b24-20-,25-21+. The summed E-state index contributed by atoms with van der Waals surface area (Å²) in [6, 6.07) is 17.1. The molecule has 0 spiro atoms. The number of rotatable bonds is 8. The van der Waals surface area contributed by atoms with Crippen molar-refractivity contribution >= 4 is 29.3 Å². The summed E-state index contributed by atoms with van der Waals surface area (Å²) in [7, 11) is 0. The molecule has 0 unspecified atom stereocenters. The van der Waals surface area contributed by atoms with Gasteiger partial charge in [-0.3, -0.25) is 4.79 Å². The van der Waals surface area contributed by atoms with Gasteiger partial charge in [-0.2, -0.15) is 0 Å². The molecule has 0 amide bonds. The second-order valence-electron chi connectivity index (χ2n) is 8.05. The van der Waals surface area contributed by atoms with Gasteiger partial charge in [0.05, 0.1) is 0 Å². The summed E-state index contributed by atoms with van der Waals surface area (Å²) in [4.78, 5) is 17.8. The van der Waals surface area contributed by atoms with Crippen LogP contribution in [0.3, 0.4) is 0 Å². The molecule has 0 aromatic heterocycles. The third kappa shape index (κ3) is 5.66. The zero-order valence-electron chi connectivity index (χ0n) is 19.5. The van der Waals surface area contributed by atoms with E-state index in [1.165, 1.54) is 11.4 Å². The monoisotopic (exact) mass is 416 g/mol. The Morgan fingerprint density at radius 1 is 0.645 bits per heavy atom. The third-order valence-corrected chi connectivity index (χ3v) is 6.20. The molecular formula is C28H36N2O. The van der Waals surface area contributed by atoms with E-state index in [-0.39, 0.29) is 5.78 Å². The molecule has 1 aliphatic carbocycles. The number of hydrogen-bond donors (Lipinski definition) is 0. The van der Waals surface area contributed by atoms with Gasteiger partial charge in [0.15, 0.2) is 5.78 Å². The Hall–Kier alpha value is -2.81. The lowest BCUT2D eigenvalue weighted by Crippen LogP contribution is -2.21. The number of benzene rings is 2. The SMILES string of the molecule is CCN(CC)c1ccc(/C=C2/CCC/C(=C\c3ccc(N(CC)CC)cc3)C2=O)cc1. The summed E-state index contributed by atoms with van der Waals surface area (Å²) in [6.07, 6.45) is 6.89. The van der Waals surface area contributed by atoms with Crippen LogP contribution >= 0.6 is 0 Å². The highest BCUT2D eigenvalue weighted by Gasteiger charge is 2.20. The first-order valence-corrected chi connectivity index (χ1v) is 11.7. The van der Waals surface area contributed by atoms with E-state index in [1.807, 2.05) is 0 Å². The zero-order valence-corrected chi connectivity index (χ0v) is 19.5. The minimum absolute atomic E-state index is 0.201. The van der Waals surface area contributed by atoms with Gasteiger partial charge in [0, 0.05) is 48.7 Å². The quantitative estimate of drug-likeness (QED) is 0.453. The molecule has 0 atom stereocenters. The third-order valence-electron chi connectivity index (χ3n) is 6.20. The summed E-state index contributed by atoms with van der Waals surface area (Å²) < 4.78 is 0. The van der Waals surface area contributed by atoms with Gasteiger partial charge in [0.2, 0.25) is 0 Å². The number of nitrogens with zero attached hydrogens (tertiary/aromatic N) is 2. The van der Waals surface area contributed by atoms with Crippen LogP contribution in [0.4, 0.5) is 11.4 Å². The molecule has 2 aromatic rings. The lowest BCUT2D eigenvalue weighted by atomic mass is 9.87. The summed E-state index contributed by atoms with van der Waals surface area (Å²) >= 11 is 0. The molecule has 0 N–H and O–H groups in total. The van der Waals surface area contributed by atoms with Crippen LogP contribution in [-0.4, -0.2) is 32.0 Å². The molecule has 3 nitrogen and oxygen atoms in total. The second kappa shape index (κ2) is 11.0. The van der Waals surface area contributed by atoms with Crippen LogP contribution in [0.15, 0.2) is 59.7 Å². The van der Waals surface area contributed by atoms with Gasteiger partial charge in [-0.15, -0.1) is 0 Å². The average Bonchev–Trinajstić information content (AvgIpc) is 2.80. The minimum Gasteiger partial charge on any atom is -0.372 e. The first-order chi connectivity index (χ1) is 15.1. The van der Waals surface area contributed by atoms with Crippen molar-refractivity contribution in [3.05, 3.63) is 70.8 Å². The Morgan fingerprint density at radius 2 is 1.00 bits per heavy atom. The van der Waals surface area contributed by atoms with E-state index in [0.29, 0.717) is 0 Å². The predicted molar refractivity (Wildman–Crippen MR) is 135 cm³/mol. The molecule has 0 aliphatic heterocycles. The van der Waals surface area contributed by atoms with Crippen molar-refractivity contribution < 1.29 is 4.79 Å². The zero-order chi connectivity index (χ0) is 22.2. The minimum atomic E-state index is 0.201. The molecule has 3 rings (SSSR count). The summed E-state index contributed by atoms with van der Waals surface area (Å²) in [6.45, 7) is 12.7. The lowest BCUT2D eigenvalue weighted by molar-refractivity contribution is -0.112. The number of hydrogen-bond acceptors (Lipinski definition) is 3. The molecule has 1 aliphatic rings. The molecule has 164 valence electrons. The molecular weight excluding hydrogens is 380 g/mol. The molecule has 31 heavy (non-hydrogen) atoms.